The van der Waals surface area contributed by atoms with Gasteiger partial charge in [-0.15, -0.1) is 0 Å². The first-order valence-corrected chi connectivity index (χ1v) is 4.22. The first kappa shape index (κ1) is 6.62. The molecule has 0 bridgehead atoms. The lowest BCUT2D eigenvalue weighted by Crippen LogP contribution is -2.54. The molecule has 58 valence electrons. The Hall–Kier alpha value is -0.0800. The second kappa shape index (κ2) is 2.21. The number of piperidine rings is 1. The van der Waals surface area contributed by atoms with Crippen LogP contribution in [0.15, 0.2) is 0 Å². The summed E-state index contributed by atoms with van der Waals surface area (Å²) in [7, 11) is 0. The number of rotatable bonds is 0. The number of hydrogen-bond donors (Lipinski definition) is 2. The lowest BCUT2D eigenvalue weighted by atomic mass is 9.62. The van der Waals surface area contributed by atoms with Gasteiger partial charge in [0.2, 0.25) is 0 Å². The minimum absolute atomic E-state index is 0.000278. The van der Waals surface area contributed by atoms with Crippen LogP contribution in [-0.4, -0.2) is 24.3 Å². The highest BCUT2D eigenvalue weighted by Gasteiger charge is 2.45. The van der Waals surface area contributed by atoms with Gasteiger partial charge in [-0.25, -0.2) is 0 Å². The molecule has 1 saturated carbocycles. The molecule has 2 atom stereocenters. The van der Waals surface area contributed by atoms with Gasteiger partial charge in [-0.2, -0.15) is 0 Å². The average Bonchev–Trinajstić information content (AvgIpc) is 2.04. The van der Waals surface area contributed by atoms with Gasteiger partial charge in [0.1, 0.15) is 0 Å². The smallest absolute Gasteiger partial charge is 0.0608 e. The molecule has 1 aliphatic carbocycles. The third kappa shape index (κ3) is 0.789. The topological polar surface area (TPSA) is 32.3 Å². The lowest BCUT2D eigenvalue weighted by molar-refractivity contribution is -0.0776. The molecule has 2 fully saturated rings. The number of aliphatic hydroxyl groups is 1. The van der Waals surface area contributed by atoms with Gasteiger partial charge >= 0.3 is 0 Å². The van der Waals surface area contributed by atoms with Crippen molar-refractivity contribution >= 4 is 0 Å². The van der Waals surface area contributed by atoms with Gasteiger partial charge in [-0.3, -0.25) is 0 Å². The first-order valence-electron chi connectivity index (χ1n) is 4.22. The molecule has 2 N–H and O–H groups in total. The van der Waals surface area contributed by atoms with Crippen LogP contribution in [0.5, 0.6) is 0 Å². The van der Waals surface area contributed by atoms with Crippen LogP contribution in [-0.2, 0) is 0 Å². The van der Waals surface area contributed by atoms with E-state index in [9.17, 15) is 5.11 Å². The molecule has 2 heteroatoms. The fourth-order valence-electron chi connectivity index (χ4n) is 2.17. The Morgan fingerprint density at radius 1 is 1.40 bits per heavy atom. The Morgan fingerprint density at radius 2 is 2.30 bits per heavy atom. The summed E-state index contributed by atoms with van der Waals surface area (Å²) in [6, 6.07) is 0. The van der Waals surface area contributed by atoms with Crippen molar-refractivity contribution in [1.82, 2.24) is 5.32 Å². The molecular formula is C8H15NO. The summed E-state index contributed by atoms with van der Waals surface area (Å²) in [5.74, 6) is 0. The minimum Gasteiger partial charge on any atom is -0.393 e. The van der Waals surface area contributed by atoms with E-state index in [0.29, 0.717) is 5.41 Å². The van der Waals surface area contributed by atoms with Gasteiger partial charge in [-0.1, -0.05) is 0 Å². The van der Waals surface area contributed by atoms with Crippen LogP contribution in [0.25, 0.3) is 0 Å². The molecule has 0 aromatic heterocycles. The van der Waals surface area contributed by atoms with Crippen LogP contribution in [0.2, 0.25) is 0 Å². The minimum atomic E-state index is 0.000278. The van der Waals surface area contributed by atoms with Crippen molar-refractivity contribution < 1.29 is 5.11 Å². The molecular weight excluding hydrogens is 126 g/mol. The average molecular weight is 141 g/mol. The molecule has 10 heavy (non-hydrogen) atoms. The summed E-state index contributed by atoms with van der Waals surface area (Å²) in [4.78, 5) is 0. The highest BCUT2D eigenvalue weighted by Crippen LogP contribution is 2.45. The van der Waals surface area contributed by atoms with Crippen LogP contribution < -0.4 is 5.32 Å². The number of nitrogens with one attached hydrogen (secondary N) is 1. The fourth-order valence-corrected chi connectivity index (χ4v) is 2.17. The van der Waals surface area contributed by atoms with E-state index in [1.807, 2.05) is 0 Å². The molecule has 2 rings (SSSR count). The highest BCUT2D eigenvalue weighted by atomic mass is 16.3. The molecule has 0 aromatic rings. The standard InChI is InChI=1S/C8H15NO/c10-7-2-4-8(7)3-1-5-9-6-8/h7,9-10H,1-6H2/t7-,8-/m1/s1. The first-order chi connectivity index (χ1) is 4.83. The van der Waals surface area contributed by atoms with Crippen LogP contribution in [0, 0.1) is 5.41 Å². The fraction of sp³-hybridized carbons (Fsp3) is 1.00. The Kier molecular flexibility index (Phi) is 1.46. The molecule has 0 aromatic carbocycles. The largest absolute Gasteiger partial charge is 0.393 e. The quantitative estimate of drug-likeness (QED) is 0.515. The van der Waals surface area contributed by atoms with Crippen molar-refractivity contribution in [2.24, 2.45) is 5.41 Å². The Bertz CT molecular complexity index is 129. The molecule has 2 nitrogen and oxygen atoms in total. The van der Waals surface area contributed by atoms with E-state index >= 15 is 0 Å². The van der Waals surface area contributed by atoms with Gasteiger partial charge in [0, 0.05) is 12.0 Å². The van der Waals surface area contributed by atoms with E-state index in [-0.39, 0.29) is 6.10 Å². The monoisotopic (exact) mass is 141 g/mol. The third-order valence-electron chi connectivity index (χ3n) is 3.13. The summed E-state index contributed by atoms with van der Waals surface area (Å²) in [5, 5.41) is 12.8. The second-order valence-electron chi connectivity index (χ2n) is 3.70. The molecule has 1 saturated heterocycles. The van der Waals surface area contributed by atoms with E-state index in [1.54, 1.807) is 0 Å². The highest BCUT2D eigenvalue weighted by molar-refractivity contribution is 4.98. The predicted octanol–water partition coefficient (Wildman–Crippen LogP) is 0.511. The maximum absolute atomic E-state index is 9.48. The van der Waals surface area contributed by atoms with Crippen molar-refractivity contribution in [3.8, 4) is 0 Å². The van der Waals surface area contributed by atoms with Gasteiger partial charge < -0.3 is 10.4 Å². The maximum Gasteiger partial charge on any atom is 0.0608 e. The second-order valence-corrected chi connectivity index (χ2v) is 3.70. The van der Waals surface area contributed by atoms with E-state index < -0.39 is 0 Å². The summed E-state index contributed by atoms with van der Waals surface area (Å²) in [6.45, 7) is 2.20. The third-order valence-corrected chi connectivity index (χ3v) is 3.13. The molecule has 1 spiro atoms. The molecule has 1 aliphatic heterocycles. The van der Waals surface area contributed by atoms with Crippen molar-refractivity contribution in [1.29, 1.82) is 0 Å². The summed E-state index contributed by atoms with van der Waals surface area (Å²) < 4.78 is 0. The van der Waals surface area contributed by atoms with Crippen molar-refractivity contribution in [3.05, 3.63) is 0 Å². The van der Waals surface area contributed by atoms with Crippen molar-refractivity contribution in [2.75, 3.05) is 13.1 Å². The van der Waals surface area contributed by atoms with Gasteiger partial charge in [0.05, 0.1) is 6.10 Å². The lowest BCUT2D eigenvalue weighted by Gasteiger charge is -2.49. The molecule has 0 amide bonds. The van der Waals surface area contributed by atoms with Gasteiger partial charge in [-0.05, 0) is 32.2 Å². The van der Waals surface area contributed by atoms with Crippen LogP contribution in [0.4, 0.5) is 0 Å². The summed E-state index contributed by atoms with van der Waals surface area (Å²) in [6.07, 6.45) is 4.75. The zero-order chi connectivity index (χ0) is 7.03. The molecule has 0 unspecified atom stereocenters. The zero-order valence-electron chi connectivity index (χ0n) is 6.27. The predicted molar refractivity (Wildman–Crippen MR) is 39.8 cm³/mol. The van der Waals surface area contributed by atoms with E-state index in [4.69, 9.17) is 0 Å². The molecule has 1 heterocycles. The summed E-state index contributed by atoms with van der Waals surface area (Å²) >= 11 is 0. The maximum atomic E-state index is 9.48. The van der Waals surface area contributed by atoms with Crippen molar-refractivity contribution in [2.45, 2.75) is 31.8 Å². The van der Waals surface area contributed by atoms with Crippen LogP contribution >= 0.6 is 0 Å². The number of hydrogen-bond acceptors (Lipinski definition) is 2. The van der Waals surface area contributed by atoms with E-state index in [1.165, 1.54) is 19.3 Å². The normalized spacial score (nSPS) is 47.1. The van der Waals surface area contributed by atoms with Crippen molar-refractivity contribution in [3.63, 3.8) is 0 Å². The zero-order valence-corrected chi connectivity index (χ0v) is 6.27. The Balaban J connectivity index is 1.99. The SMILES string of the molecule is O[C@@H]1CC[C@@]12CCCNC2. The van der Waals surface area contributed by atoms with Crippen LogP contribution in [0.3, 0.4) is 0 Å². The van der Waals surface area contributed by atoms with E-state index in [2.05, 4.69) is 5.32 Å². The Morgan fingerprint density at radius 3 is 2.60 bits per heavy atom. The molecule has 0 radical (unpaired) electrons. The summed E-state index contributed by atoms with van der Waals surface area (Å²) in [5.41, 5.74) is 0.304. The van der Waals surface area contributed by atoms with Crippen LogP contribution in [0.1, 0.15) is 25.7 Å². The number of aliphatic hydroxyl groups excluding tert-OH is 1. The van der Waals surface area contributed by atoms with Gasteiger partial charge in [0.15, 0.2) is 0 Å². The Labute approximate surface area is 61.6 Å². The van der Waals surface area contributed by atoms with Gasteiger partial charge in [0.25, 0.3) is 0 Å². The van der Waals surface area contributed by atoms with E-state index in [0.717, 1.165) is 19.5 Å². The molecule has 2 aliphatic rings.